The highest BCUT2D eigenvalue weighted by molar-refractivity contribution is 5.89. The molecule has 188 valence electrons. The minimum Gasteiger partial charge on any atom is -0.461 e. The van der Waals surface area contributed by atoms with Gasteiger partial charge in [0.1, 0.15) is 24.8 Å². The predicted octanol–water partition coefficient (Wildman–Crippen LogP) is 4.41. The molecule has 35 heavy (non-hydrogen) atoms. The van der Waals surface area contributed by atoms with Gasteiger partial charge in [-0.2, -0.15) is 0 Å². The summed E-state index contributed by atoms with van der Waals surface area (Å²) in [5, 5.41) is 11.2. The van der Waals surface area contributed by atoms with Gasteiger partial charge in [-0.1, -0.05) is 26.0 Å². The monoisotopic (exact) mass is 484 g/mol. The molecule has 2 fully saturated rings. The summed E-state index contributed by atoms with van der Waals surface area (Å²) in [5.41, 5.74) is 0.170. The molecule has 0 radical (unpaired) electrons. The van der Waals surface area contributed by atoms with Crippen LogP contribution in [0.4, 0.5) is 4.39 Å². The van der Waals surface area contributed by atoms with Crippen molar-refractivity contribution in [2.45, 2.75) is 58.5 Å². The number of aliphatic hydroxyl groups is 1. The predicted molar refractivity (Wildman–Crippen MR) is 127 cm³/mol. The van der Waals surface area contributed by atoms with E-state index in [-0.39, 0.29) is 41.4 Å². The van der Waals surface area contributed by atoms with E-state index in [1.54, 1.807) is 18.2 Å². The van der Waals surface area contributed by atoms with Crippen LogP contribution in [0.5, 0.6) is 0 Å². The molecular formula is C28H33FO6. The fraction of sp³-hybridized carbons (Fsp3) is 0.536. The fourth-order valence-corrected chi connectivity index (χ4v) is 6.31. The maximum Gasteiger partial charge on any atom is 0.331 e. The van der Waals surface area contributed by atoms with Crippen molar-refractivity contribution in [3.63, 3.8) is 0 Å². The highest BCUT2D eigenvalue weighted by Gasteiger charge is 2.63. The number of halogens is 1. The molecule has 1 N–H and O–H groups in total. The molecule has 4 rings (SSSR count). The molecule has 6 nitrogen and oxygen atoms in total. The number of hydrogen-bond donors (Lipinski definition) is 1. The highest BCUT2D eigenvalue weighted by atomic mass is 19.1. The lowest BCUT2D eigenvalue weighted by atomic mass is 9.45. The second kappa shape index (κ2) is 10.1. The maximum absolute atomic E-state index is 13.4. The molecule has 2 aliphatic carbocycles. The Morgan fingerprint density at radius 3 is 2.71 bits per heavy atom. The number of esters is 2. The number of cyclic esters (lactones) is 1. The van der Waals surface area contributed by atoms with E-state index in [1.165, 1.54) is 24.3 Å². The zero-order valence-electron chi connectivity index (χ0n) is 20.3. The molecule has 2 saturated carbocycles. The standard InChI is InChI=1S/C28H33FO6/c1-18-14-24(31)28(17-35-25(32)11-8-19-6-9-21(29)10-7-19)22(4-3-5-23(28)30)27(18,2)13-12-20-15-26(33)34-16-20/h6-11,15,18,22,24,31H,3-5,12-14,16-17H2,1-2H3/b11-8+/t18-,22-,24+,27+,28-/m1/s1. The van der Waals surface area contributed by atoms with Gasteiger partial charge < -0.3 is 14.6 Å². The van der Waals surface area contributed by atoms with E-state index in [0.717, 1.165) is 24.8 Å². The summed E-state index contributed by atoms with van der Waals surface area (Å²) < 4.78 is 23.7. The molecule has 0 saturated heterocycles. The zero-order valence-corrected chi connectivity index (χ0v) is 20.3. The average molecular weight is 485 g/mol. The van der Waals surface area contributed by atoms with Crippen LogP contribution in [0.2, 0.25) is 0 Å². The summed E-state index contributed by atoms with van der Waals surface area (Å²) in [6.07, 6.45) is 7.17. The van der Waals surface area contributed by atoms with Gasteiger partial charge in [0.25, 0.3) is 0 Å². The van der Waals surface area contributed by atoms with Gasteiger partial charge in [-0.05, 0) is 78.7 Å². The Bertz CT molecular complexity index is 1040. The molecule has 1 aromatic rings. The summed E-state index contributed by atoms with van der Waals surface area (Å²) in [6, 6.07) is 5.71. The Balaban J connectivity index is 1.53. The fourth-order valence-electron chi connectivity index (χ4n) is 6.31. The van der Waals surface area contributed by atoms with Crippen molar-refractivity contribution in [2.75, 3.05) is 13.2 Å². The number of fused-ring (bicyclic) bond motifs is 1. The third-order valence-corrected chi connectivity index (χ3v) is 8.57. The average Bonchev–Trinajstić information content (AvgIpc) is 3.25. The molecule has 3 aliphatic rings. The topological polar surface area (TPSA) is 89.9 Å². The van der Waals surface area contributed by atoms with Gasteiger partial charge in [0.05, 0.1) is 11.5 Å². The first-order chi connectivity index (χ1) is 16.6. The van der Waals surface area contributed by atoms with E-state index in [4.69, 9.17) is 9.47 Å². The first-order valence-corrected chi connectivity index (χ1v) is 12.3. The number of carbonyl (C=O) groups excluding carboxylic acids is 3. The number of ketones is 1. The van der Waals surface area contributed by atoms with E-state index in [9.17, 15) is 23.9 Å². The number of Topliss-reactive ketones (excluding diaryl/α,β-unsaturated/α-hetero) is 1. The van der Waals surface area contributed by atoms with Gasteiger partial charge in [-0.15, -0.1) is 0 Å². The van der Waals surface area contributed by atoms with Crippen molar-refractivity contribution >= 4 is 23.8 Å². The number of carbonyl (C=O) groups is 3. The summed E-state index contributed by atoms with van der Waals surface area (Å²) in [7, 11) is 0. The second-order valence-corrected chi connectivity index (χ2v) is 10.5. The van der Waals surface area contributed by atoms with Crippen molar-refractivity contribution in [2.24, 2.45) is 22.7 Å². The number of rotatable bonds is 7. The van der Waals surface area contributed by atoms with Crippen LogP contribution in [0.25, 0.3) is 6.08 Å². The summed E-state index contributed by atoms with van der Waals surface area (Å²) >= 11 is 0. The Morgan fingerprint density at radius 1 is 1.29 bits per heavy atom. The third kappa shape index (κ3) is 4.96. The highest BCUT2D eigenvalue weighted by Crippen LogP contribution is 2.60. The van der Waals surface area contributed by atoms with Crippen LogP contribution < -0.4 is 0 Å². The van der Waals surface area contributed by atoms with Crippen LogP contribution in [0.15, 0.2) is 42.0 Å². The first-order valence-electron chi connectivity index (χ1n) is 12.3. The molecule has 0 spiro atoms. The smallest absolute Gasteiger partial charge is 0.331 e. The zero-order chi connectivity index (χ0) is 25.2. The minimum atomic E-state index is -1.14. The van der Waals surface area contributed by atoms with E-state index >= 15 is 0 Å². The van der Waals surface area contributed by atoms with E-state index in [2.05, 4.69) is 13.8 Å². The molecular weight excluding hydrogens is 451 g/mol. The number of aliphatic hydroxyl groups excluding tert-OH is 1. The van der Waals surface area contributed by atoms with Gasteiger partial charge >= 0.3 is 11.9 Å². The van der Waals surface area contributed by atoms with Gasteiger partial charge in [0.15, 0.2) is 0 Å². The van der Waals surface area contributed by atoms with Crippen molar-refractivity contribution in [1.82, 2.24) is 0 Å². The first kappa shape index (κ1) is 25.3. The SMILES string of the molecule is C[C@@H]1C[C@H](O)[C@@]2(COC(=O)/C=C/c3ccc(F)cc3)C(=O)CCC[C@@H]2[C@@]1(C)CCC1=CC(=O)OC1. The molecule has 0 amide bonds. The normalized spacial score (nSPS) is 32.8. The van der Waals surface area contributed by atoms with Crippen LogP contribution in [-0.2, 0) is 23.9 Å². The van der Waals surface area contributed by atoms with Crippen molar-refractivity contribution in [3.8, 4) is 0 Å². The lowest BCUT2D eigenvalue weighted by Crippen LogP contribution is -2.63. The van der Waals surface area contributed by atoms with Crippen molar-refractivity contribution in [1.29, 1.82) is 0 Å². The summed E-state index contributed by atoms with van der Waals surface area (Å²) in [5.74, 6) is -1.34. The maximum atomic E-state index is 13.4. The molecule has 1 aliphatic heterocycles. The van der Waals surface area contributed by atoms with E-state index in [0.29, 0.717) is 31.4 Å². The largest absolute Gasteiger partial charge is 0.461 e. The van der Waals surface area contributed by atoms with Crippen LogP contribution in [0.3, 0.4) is 0 Å². The molecule has 1 aromatic carbocycles. The second-order valence-electron chi connectivity index (χ2n) is 10.5. The van der Waals surface area contributed by atoms with Gasteiger partial charge in [0.2, 0.25) is 0 Å². The molecule has 0 bridgehead atoms. The van der Waals surface area contributed by atoms with Crippen LogP contribution in [0.1, 0.15) is 57.9 Å². The Hall–Kier alpha value is -2.80. The van der Waals surface area contributed by atoms with E-state index < -0.39 is 17.5 Å². The lowest BCUT2D eigenvalue weighted by Gasteiger charge is -2.59. The quantitative estimate of drug-likeness (QED) is 0.456. The van der Waals surface area contributed by atoms with Gasteiger partial charge in [-0.3, -0.25) is 4.79 Å². The van der Waals surface area contributed by atoms with Crippen molar-refractivity contribution in [3.05, 3.63) is 53.4 Å². The van der Waals surface area contributed by atoms with Gasteiger partial charge in [-0.25, -0.2) is 14.0 Å². The molecule has 0 unspecified atom stereocenters. The van der Waals surface area contributed by atoms with Crippen molar-refractivity contribution < 1.29 is 33.4 Å². The molecule has 7 heteroatoms. The Labute approximate surface area is 205 Å². The molecule has 5 atom stereocenters. The number of benzene rings is 1. The number of hydrogen-bond acceptors (Lipinski definition) is 6. The van der Waals surface area contributed by atoms with Crippen LogP contribution in [0, 0.1) is 28.5 Å². The minimum absolute atomic E-state index is 0.0479. The Morgan fingerprint density at radius 2 is 2.03 bits per heavy atom. The summed E-state index contributed by atoms with van der Waals surface area (Å²) in [6.45, 7) is 4.40. The molecule has 0 aromatic heterocycles. The third-order valence-electron chi connectivity index (χ3n) is 8.57. The molecule has 1 heterocycles. The van der Waals surface area contributed by atoms with Gasteiger partial charge in [0, 0.05) is 18.6 Å². The summed E-state index contributed by atoms with van der Waals surface area (Å²) in [4.78, 5) is 37.4. The van der Waals surface area contributed by atoms with Crippen LogP contribution in [-0.4, -0.2) is 42.1 Å². The Kier molecular flexibility index (Phi) is 7.27. The lowest BCUT2D eigenvalue weighted by molar-refractivity contribution is -0.193. The van der Waals surface area contributed by atoms with E-state index in [1.807, 2.05) is 0 Å². The number of ether oxygens (including phenoxy) is 2. The van der Waals surface area contributed by atoms with Crippen LogP contribution >= 0.6 is 0 Å².